The molecule has 0 aliphatic rings. The molecule has 3 rings (SSSR count). The van der Waals surface area contributed by atoms with Crippen LogP contribution < -0.4 is 5.32 Å². The Morgan fingerprint density at radius 3 is 2.81 bits per heavy atom. The van der Waals surface area contributed by atoms with Gasteiger partial charge in [-0.15, -0.1) is 0 Å². The average Bonchev–Trinajstić information content (AvgIpc) is 3.07. The highest BCUT2D eigenvalue weighted by molar-refractivity contribution is 5.65. The number of aryl methyl sites for hydroxylation is 3. The molecule has 0 fully saturated rings. The van der Waals surface area contributed by atoms with E-state index >= 15 is 0 Å². The summed E-state index contributed by atoms with van der Waals surface area (Å²) >= 11 is 0. The Morgan fingerprint density at radius 1 is 1.29 bits per heavy atom. The van der Waals surface area contributed by atoms with Crippen LogP contribution in [0.15, 0.2) is 30.7 Å². The third kappa shape index (κ3) is 2.94. The molecule has 108 valence electrons. The zero-order valence-corrected chi connectivity index (χ0v) is 12.4. The fraction of sp³-hybridized carbons (Fsp3) is 0.267. The minimum atomic E-state index is 0.693. The summed E-state index contributed by atoms with van der Waals surface area (Å²) in [5.41, 5.74) is 4.26. The van der Waals surface area contributed by atoms with Gasteiger partial charge in [0, 0.05) is 24.5 Å². The van der Waals surface area contributed by atoms with E-state index in [2.05, 4.69) is 44.5 Å². The van der Waals surface area contributed by atoms with Crippen LogP contribution in [0.2, 0.25) is 0 Å². The molecular weight excluding hydrogens is 264 g/mol. The average molecular weight is 282 g/mol. The number of aromatic nitrogens is 5. The van der Waals surface area contributed by atoms with Crippen LogP contribution >= 0.6 is 0 Å². The molecule has 2 N–H and O–H groups in total. The standard InChI is InChI=1S/C15H18N6/c1-10-4-5-12(15-18-11(2)19-20-15)6-14(10)16-7-13-8-21(3)9-17-13/h4-6,8-9,16H,7H2,1-3H3,(H,18,19,20). The van der Waals surface area contributed by atoms with Crippen LogP contribution in [0.1, 0.15) is 17.1 Å². The molecule has 0 saturated carbocycles. The SMILES string of the molecule is Cc1nc(-c2ccc(C)c(NCc3cn(C)cn3)c2)n[nH]1. The van der Waals surface area contributed by atoms with Gasteiger partial charge < -0.3 is 9.88 Å². The van der Waals surface area contributed by atoms with Crippen LogP contribution in [0.4, 0.5) is 5.69 Å². The summed E-state index contributed by atoms with van der Waals surface area (Å²) < 4.78 is 1.94. The number of hydrogen-bond acceptors (Lipinski definition) is 4. The van der Waals surface area contributed by atoms with Crippen molar-refractivity contribution in [1.82, 2.24) is 24.7 Å². The zero-order valence-electron chi connectivity index (χ0n) is 12.4. The Hall–Kier alpha value is -2.63. The van der Waals surface area contributed by atoms with Crippen LogP contribution in [0, 0.1) is 13.8 Å². The Bertz CT molecular complexity index is 755. The van der Waals surface area contributed by atoms with Crippen molar-refractivity contribution < 1.29 is 0 Å². The Morgan fingerprint density at radius 2 is 2.14 bits per heavy atom. The summed E-state index contributed by atoms with van der Waals surface area (Å²) in [5, 5.41) is 10.5. The van der Waals surface area contributed by atoms with E-state index in [-0.39, 0.29) is 0 Å². The second kappa shape index (κ2) is 5.40. The van der Waals surface area contributed by atoms with Crippen LogP contribution in [-0.4, -0.2) is 24.7 Å². The van der Waals surface area contributed by atoms with Gasteiger partial charge in [-0.2, -0.15) is 5.10 Å². The van der Waals surface area contributed by atoms with Gasteiger partial charge >= 0.3 is 0 Å². The van der Waals surface area contributed by atoms with Gasteiger partial charge in [0.2, 0.25) is 0 Å². The van der Waals surface area contributed by atoms with Gasteiger partial charge in [-0.1, -0.05) is 12.1 Å². The molecule has 0 unspecified atom stereocenters. The normalized spacial score (nSPS) is 10.8. The smallest absolute Gasteiger partial charge is 0.181 e. The van der Waals surface area contributed by atoms with Crippen LogP contribution in [0.5, 0.6) is 0 Å². The van der Waals surface area contributed by atoms with Gasteiger partial charge in [0.1, 0.15) is 5.82 Å². The summed E-state index contributed by atoms with van der Waals surface area (Å²) in [6, 6.07) is 6.17. The van der Waals surface area contributed by atoms with Crippen molar-refractivity contribution in [3.05, 3.63) is 47.8 Å². The van der Waals surface area contributed by atoms with Crippen LogP contribution in [-0.2, 0) is 13.6 Å². The van der Waals surface area contributed by atoms with Gasteiger partial charge in [0.25, 0.3) is 0 Å². The number of anilines is 1. The lowest BCUT2D eigenvalue weighted by Gasteiger charge is -2.09. The molecule has 0 amide bonds. The maximum Gasteiger partial charge on any atom is 0.181 e. The number of nitrogens with one attached hydrogen (secondary N) is 2. The Balaban J connectivity index is 1.81. The van der Waals surface area contributed by atoms with E-state index in [4.69, 9.17) is 0 Å². The molecule has 6 heteroatoms. The van der Waals surface area contributed by atoms with Gasteiger partial charge in [-0.05, 0) is 25.5 Å². The number of aromatic amines is 1. The number of benzene rings is 1. The summed E-state index contributed by atoms with van der Waals surface area (Å²) in [6.07, 6.45) is 3.81. The fourth-order valence-corrected chi connectivity index (χ4v) is 2.17. The predicted molar refractivity (Wildman–Crippen MR) is 81.8 cm³/mol. The first-order valence-electron chi connectivity index (χ1n) is 6.82. The monoisotopic (exact) mass is 282 g/mol. The molecular formula is C15H18N6. The minimum Gasteiger partial charge on any atom is -0.379 e. The first kappa shape index (κ1) is 13.4. The van der Waals surface area contributed by atoms with E-state index in [1.807, 2.05) is 30.8 Å². The molecule has 0 radical (unpaired) electrons. The van der Waals surface area contributed by atoms with E-state index in [0.717, 1.165) is 22.8 Å². The van der Waals surface area contributed by atoms with Crippen molar-refractivity contribution in [3.63, 3.8) is 0 Å². The lowest BCUT2D eigenvalue weighted by Crippen LogP contribution is -2.01. The molecule has 2 aromatic heterocycles. The van der Waals surface area contributed by atoms with Crippen molar-refractivity contribution in [2.45, 2.75) is 20.4 Å². The first-order chi connectivity index (χ1) is 10.1. The molecule has 6 nitrogen and oxygen atoms in total. The lowest BCUT2D eigenvalue weighted by molar-refractivity contribution is 0.912. The molecule has 0 aliphatic carbocycles. The van der Waals surface area contributed by atoms with Crippen molar-refractivity contribution in [3.8, 4) is 11.4 Å². The minimum absolute atomic E-state index is 0.693. The number of rotatable bonds is 4. The third-order valence-corrected chi connectivity index (χ3v) is 3.31. The van der Waals surface area contributed by atoms with Gasteiger partial charge in [-0.3, -0.25) is 5.10 Å². The van der Waals surface area contributed by atoms with Crippen molar-refractivity contribution in [2.75, 3.05) is 5.32 Å². The highest BCUT2D eigenvalue weighted by Gasteiger charge is 2.07. The van der Waals surface area contributed by atoms with Gasteiger partial charge in [0.05, 0.1) is 18.6 Å². The molecule has 0 bridgehead atoms. The lowest BCUT2D eigenvalue weighted by atomic mass is 10.1. The number of imidazole rings is 1. The largest absolute Gasteiger partial charge is 0.379 e. The molecule has 0 saturated heterocycles. The van der Waals surface area contributed by atoms with E-state index < -0.39 is 0 Å². The topological polar surface area (TPSA) is 71.4 Å². The number of hydrogen-bond donors (Lipinski definition) is 2. The molecule has 1 aromatic carbocycles. The Kier molecular flexibility index (Phi) is 3.43. The number of nitrogens with zero attached hydrogens (tertiary/aromatic N) is 4. The second-order valence-electron chi connectivity index (χ2n) is 5.16. The highest BCUT2D eigenvalue weighted by atomic mass is 15.2. The first-order valence-corrected chi connectivity index (χ1v) is 6.82. The number of H-pyrrole nitrogens is 1. The van der Waals surface area contributed by atoms with Crippen LogP contribution in [0.25, 0.3) is 11.4 Å². The predicted octanol–water partition coefficient (Wildman–Crippen LogP) is 2.43. The highest BCUT2D eigenvalue weighted by Crippen LogP contribution is 2.23. The molecule has 0 atom stereocenters. The van der Waals surface area contributed by atoms with E-state index in [1.54, 1.807) is 6.33 Å². The molecule has 0 spiro atoms. The summed E-state index contributed by atoms with van der Waals surface area (Å²) in [6.45, 7) is 4.66. The van der Waals surface area contributed by atoms with Crippen molar-refractivity contribution in [1.29, 1.82) is 0 Å². The van der Waals surface area contributed by atoms with Crippen molar-refractivity contribution >= 4 is 5.69 Å². The van der Waals surface area contributed by atoms with Gasteiger partial charge in [-0.25, -0.2) is 9.97 Å². The van der Waals surface area contributed by atoms with E-state index in [0.29, 0.717) is 12.4 Å². The second-order valence-corrected chi connectivity index (χ2v) is 5.16. The molecule has 0 aliphatic heterocycles. The van der Waals surface area contributed by atoms with E-state index in [9.17, 15) is 0 Å². The van der Waals surface area contributed by atoms with E-state index in [1.165, 1.54) is 5.56 Å². The fourth-order valence-electron chi connectivity index (χ4n) is 2.17. The molecule has 21 heavy (non-hydrogen) atoms. The molecule has 3 aromatic rings. The quantitative estimate of drug-likeness (QED) is 0.771. The third-order valence-electron chi connectivity index (χ3n) is 3.31. The summed E-state index contributed by atoms with van der Waals surface area (Å²) in [7, 11) is 1.97. The maximum atomic E-state index is 4.36. The van der Waals surface area contributed by atoms with Crippen LogP contribution in [0.3, 0.4) is 0 Å². The molecule has 2 heterocycles. The summed E-state index contributed by atoms with van der Waals surface area (Å²) in [4.78, 5) is 8.68. The Labute approximate surface area is 123 Å². The van der Waals surface area contributed by atoms with Gasteiger partial charge in [0.15, 0.2) is 5.82 Å². The maximum absolute atomic E-state index is 4.36. The zero-order chi connectivity index (χ0) is 14.8. The summed E-state index contributed by atoms with van der Waals surface area (Å²) in [5.74, 6) is 1.53. The van der Waals surface area contributed by atoms with Crippen molar-refractivity contribution in [2.24, 2.45) is 7.05 Å².